The highest BCUT2D eigenvalue weighted by atomic mass is 15.2. The highest BCUT2D eigenvalue weighted by Gasteiger charge is 2.29. The predicted octanol–water partition coefficient (Wildman–Crippen LogP) is 2.49. The third-order valence-electron chi connectivity index (χ3n) is 3.99. The quantitative estimate of drug-likeness (QED) is 0.873. The molecule has 1 saturated heterocycles. The summed E-state index contributed by atoms with van der Waals surface area (Å²) in [7, 11) is 0. The van der Waals surface area contributed by atoms with Crippen LogP contribution in [-0.2, 0) is 6.42 Å². The molecule has 0 spiro atoms. The van der Waals surface area contributed by atoms with E-state index >= 15 is 0 Å². The molecule has 0 radical (unpaired) electrons. The van der Waals surface area contributed by atoms with Gasteiger partial charge in [0.1, 0.15) is 17.5 Å². The van der Waals surface area contributed by atoms with E-state index in [1.807, 2.05) is 6.07 Å². The minimum Gasteiger partial charge on any atom is -0.384 e. The van der Waals surface area contributed by atoms with E-state index < -0.39 is 0 Å². The average molecular weight is 248 g/mol. The van der Waals surface area contributed by atoms with E-state index in [9.17, 15) is 0 Å². The normalized spacial score (nSPS) is 28.4. The number of piperidine rings is 1. The van der Waals surface area contributed by atoms with Gasteiger partial charge in [-0.25, -0.2) is 9.97 Å². The van der Waals surface area contributed by atoms with Crippen molar-refractivity contribution in [3.8, 4) is 0 Å². The lowest BCUT2D eigenvalue weighted by Crippen LogP contribution is -2.46. The van der Waals surface area contributed by atoms with E-state index in [4.69, 9.17) is 5.73 Å². The Morgan fingerprint density at radius 2 is 2.06 bits per heavy atom. The Balaban J connectivity index is 2.31. The van der Waals surface area contributed by atoms with Crippen LogP contribution in [0.1, 0.15) is 39.9 Å². The fourth-order valence-electron chi connectivity index (χ4n) is 2.83. The molecule has 0 amide bonds. The molecule has 2 N–H and O–H groups in total. The van der Waals surface area contributed by atoms with Crippen molar-refractivity contribution in [3.05, 3.63) is 11.9 Å². The maximum absolute atomic E-state index is 5.88. The Bertz CT molecular complexity index is 418. The molecule has 1 aliphatic heterocycles. The van der Waals surface area contributed by atoms with Crippen LogP contribution in [0.5, 0.6) is 0 Å². The first kappa shape index (κ1) is 13.1. The summed E-state index contributed by atoms with van der Waals surface area (Å²) in [6.07, 6.45) is 2.12. The van der Waals surface area contributed by atoms with E-state index in [-0.39, 0.29) is 0 Å². The fraction of sp³-hybridized carbons (Fsp3) is 0.714. The second-order valence-corrected chi connectivity index (χ2v) is 5.63. The van der Waals surface area contributed by atoms with Gasteiger partial charge < -0.3 is 10.6 Å². The topological polar surface area (TPSA) is 55.0 Å². The average Bonchev–Trinajstić information content (AvgIpc) is 2.32. The molecule has 0 bridgehead atoms. The number of nitrogen functional groups attached to an aromatic ring is 1. The molecular formula is C14H24N4. The van der Waals surface area contributed by atoms with Gasteiger partial charge in [-0.2, -0.15) is 0 Å². The first-order chi connectivity index (χ1) is 8.51. The second kappa shape index (κ2) is 5.12. The first-order valence-electron chi connectivity index (χ1n) is 6.91. The van der Waals surface area contributed by atoms with E-state index in [1.165, 1.54) is 6.42 Å². The van der Waals surface area contributed by atoms with Gasteiger partial charge in [-0.05, 0) is 25.2 Å². The molecule has 1 aliphatic rings. The number of hydrogen-bond donors (Lipinski definition) is 1. The van der Waals surface area contributed by atoms with Crippen LogP contribution in [0.15, 0.2) is 6.07 Å². The van der Waals surface area contributed by atoms with Gasteiger partial charge in [-0.1, -0.05) is 20.8 Å². The van der Waals surface area contributed by atoms with E-state index in [2.05, 4.69) is 42.6 Å². The molecule has 3 atom stereocenters. The van der Waals surface area contributed by atoms with Crippen LogP contribution in [0.4, 0.5) is 11.6 Å². The van der Waals surface area contributed by atoms with Crippen molar-refractivity contribution in [2.75, 3.05) is 17.2 Å². The molecule has 18 heavy (non-hydrogen) atoms. The van der Waals surface area contributed by atoms with Gasteiger partial charge in [0.25, 0.3) is 0 Å². The summed E-state index contributed by atoms with van der Waals surface area (Å²) >= 11 is 0. The van der Waals surface area contributed by atoms with Crippen LogP contribution in [0, 0.1) is 11.8 Å². The Morgan fingerprint density at radius 3 is 2.72 bits per heavy atom. The van der Waals surface area contributed by atoms with Gasteiger partial charge >= 0.3 is 0 Å². The zero-order valence-electron chi connectivity index (χ0n) is 11.8. The van der Waals surface area contributed by atoms with Gasteiger partial charge in [0.15, 0.2) is 0 Å². The first-order valence-corrected chi connectivity index (χ1v) is 6.91. The minimum absolute atomic E-state index is 0.514. The maximum Gasteiger partial charge on any atom is 0.134 e. The van der Waals surface area contributed by atoms with Crippen LogP contribution in [0.2, 0.25) is 0 Å². The zero-order chi connectivity index (χ0) is 13.3. The monoisotopic (exact) mass is 248 g/mol. The molecule has 4 heteroatoms. The molecule has 100 valence electrons. The van der Waals surface area contributed by atoms with Gasteiger partial charge in [-0.15, -0.1) is 0 Å². The molecule has 1 aromatic rings. The maximum atomic E-state index is 5.88. The van der Waals surface area contributed by atoms with E-state index in [0.717, 1.165) is 24.6 Å². The summed E-state index contributed by atoms with van der Waals surface area (Å²) in [4.78, 5) is 11.3. The Morgan fingerprint density at radius 1 is 1.33 bits per heavy atom. The van der Waals surface area contributed by atoms with Crippen LogP contribution in [0.25, 0.3) is 0 Å². The lowest BCUT2D eigenvalue weighted by Gasteiger charge is -2.42. The summed E-state index contributed by atoms with van der Waals surface area (Å²) in [6.45, 7) is 10.0. The smallest absolute Gasteiger partial charge is 0.134 e. The molecule has 0 saturated carbocycles. The Labute approximate surface area is 110 Å². The molecule has 3 unspecified atom stereocenters. The van der Waals surface area contributed by atoms with Gasteiger partial charge in [0, 0.05) is 25.1 Å². The third-order valence-corrected chi connectivity index (χ3v) is 3.99. The van der Waals surface area contributed by atoms with Gasteiger partial charge in [0.05, 0.1) is 0 Å². The largest absolute Gasteiger partial charge is 0.384 e. The summed E-state index contributed by atoms with van der Waals surface area (Å²) in [6, 6.07) is 2.42. The van der Waals surface area contributed by atoms with Crippen molar-refractivity contribution in [2.45, 2.75) is 46.6 Å². The van der Waals surface area contributed by atoms with Crippen molar-refractivity contribution in [1.82, 2.24) is 9.97 Å². The molecule has 0 aromatic carbocycles. The second-order valence-electron chi connectivity index (χ2n) is 5.63. The molecule has 4 nitrogen and oxygen atoms in total. The highest BCUT2D eigenvalue weighted by Crippen LogP contribution is 2.30. The van der Waals surface area contributed by atoms with Gasteiger partial charge in [-0.3, -0.25) is 0 Å². The van der Waals surface area contributed by atoms with Crippen molar-refractivity contribution in [1.29, 1.82) is 0 Å². The summed E-state index contributed by atoms with van der Waals surface area (Å²) in [5.74, 6) is 3.80. The van der Waals surface area contributed by atoms with Crippen molar-refractivity contribution >= 4 is 11.6 Å². The minimum atomic E-state index is 0.514. The number of nitrogens with zero attached hydrogens (tertiary/aromatic N) is 3. The molecule has 1 fully saturated rings. The van der Waals surface area contributed by atoms with Crippen molar-refractivity contribution in [2.24, 2.45) is 11.8 Å². The van der Waals surface area contributed by atoms with Crippen LogP contribution in [0.3, 0.4) is 0 Å². The highest BCUT2D eigenvalue weighted by molar-refractivity contribution is 5.48. The Kier molecular flexibility index (Phi) is 3.73. The summed E-state index contributed by atoms with van der Waals surface area (Å²) < 4.78 is 0. The Hall–Kier alpha value is -1.32. The molecule has 2 heterocycles. The predicted molar refractivity (Wildman–Crippen MR) is 75.6 cm³/mol. The lowest BCUT2D eigenvalue weighted by molar-refractivity contribution is 0.295. The van der Waals surface area contributed by atoms with Crippen molar-refractivity contribution in [3.63, 3.8) is 0 Å². The standard InChI is InChI=1S/C14H24N4/c1-5-13-16-12(15)7-14(17-13)18-8-9(2)6-10(3)11(18)4/h7,9-11H,5-6,8H2,1-4H3,(H2,15,16,17). The van der Waals surface area contributed by atoms with E-state index in [1.54, 1.807) is 0 Å². The van der Waals surface area contributed by atoms with E-state index in [0.29, 0.717) is 23.7 Å². The van der Waals surface area contributed by atoms with Crippen molar-refractivity contribution < 1.29 is 0 Å². The molecule has 2 rings (SSSR count). The zero-order valence-corrected chi connectivity index (χ0v) is 11.8. The summed E-state index contributed by atoms with van der Waals surface area (Å²) in [5.41, 5.74) is 5.88. The number of anilines is 2. The molecular weight excluding hydrogens is 224 g/mol. The number of rotatable bonds is 2. The SMILES string of the molecule is CCc1nc(N)cc(N2CC(C)CC(C)C2C)n1. The number of hydrogen-bond acceptors (Lipinski definition) is 4. The van der Waals surface area contributed by atoms with Crippen LogP contribution in [-0.4, -0.2) is 22.6 Å². The van der Waals surface area contributed by atoms with Crippen LogP contribution >= 0.6 is 0 Å². The third kappa shape index (κ3) is 2.57. The fourth-order valence-corrected chi connectivity index (χ4v) is 2.83. The lowest BCUT2D eigenvalue weighted by atomic mass is 9.86. The molecule has 1 aromatic heterocycles. The number of aryl methyl sites for hydroxylation is 1. The number of nitrogens with two attached hydrogens (primary N) is 1. The van der Waals surface area contributed by atoms with Crippen LogP contribution < -0.4 is 10.6 Å². The number of aromatic nitrogens is 2. The van der Waals surface area contributed by atoms with Gasteiger partial charge in [0.2, 0.25) is 0 Å². The molecule has 0 aliphatic carbocycles. The summed E-state index contributed by atoms with van der Waals surface area (Å²) in [5, 5.41) is 0.